The van der Waals surface area contributed by atoms with Crippen LogP contribution in [0, 0.1) is 10.1 Å². The molecule has 0 atom stereocenters. The Morgan fingerprint density at radius 2 is 2.14 bits per heavy atom. The first-order valence-corrected chi connectivity index (χ1v) is 6.13. The second kappa shape index (κ2) is 6.04. The fourth-order valence-electron chi connectivity index (χ4n) is 1.95. The van der Waals surface area contributed by atoms with Gasteiger partial charge in [-0.3, -0.25) is 10.1 Å². The number of benzene rings is 1. The molecule has 0 spiro atoms. The van der Waals surface area contributed by atoms with E-state index in [1.165, 1.54) is 0 Å². The van der Waals surface area contributed by atoms with Gasteiger partial charge in [0, 0.05) is 19.2 Å². The van der Waals surface area contributed by atoms with Crippen molar-refractivity contribution in [2.24, 2.45) is 0 Å². The van der Waals surface area contributed by atoms with Crippen molar-refractivity contribution in [3.05, 3.63) is 46.1 Å². The number of nitrogen functional groups attached to an aromatic ring is 1. The van der Waals surface area contributed by atoms with Crippen LogP contribution in [0.3, 0.4) is 0 Å². The molecule has 0 saturated carbocycles. The smallest absolute Gasteiger partial charge is 0.329 e. The SMILES string of the molecule is COc1ccccc1CN(C)c1nc(N)ncc1[N+](=O)[O-]. The van der Waals surface area contributed by atoms with E-state index in [-0.39, 0.29) is 17.5 Å². The Balaban J connectivity index is 2.34. The highest BCUT2D eigenvalue weighted by Crippen LogP contribution is 2.27. The molecule has 8 heteroatoms. The lowest BCUT2D eigenvalue weighted by atomic mass is 10.2. The third-order valence-corrected chi connectivity index (χ3v) is 2.93. The van der Waals surface area contributed by atoms with E-state index in [9.17, 15) is 10.1 Å². The molecule has 0 amide bonds. The Bertz CT molecular complexity index is 662. The minimum atomic E-state index is -0.534. The summed E-state index contributed by atoms with van der Waals surface area (Å²) in [5.74, 6) is 0.856. The van der Waals surface area contributed by atoms with Crippen LogP contribution in [0.5, 0.6) is 5.75 Å². The second-order valence-electron chi connectivity index (χ2n) is 4.36. The average Bonchev–Trinajstić information content (AvgIpc) is 2.47. The minimum Gasteiger partial charge on any atom is -0.496 e. The van der Waals surface area contributed by atoms with Crippen molar-refractivity contribution in [3.63, 3.8) is 0 Å². The molecule has 110 valence electrons. The Kier molecular flexibility index (Phi) is 4.17. The molecule has 0 saturated heterocycles. The maximum Gasteiger partial charge on any atom is 0.329 e. The van der Waals surface area contributed by atoms with Gasteiger partial charge in [0.1, 0.15) is 11.9 Å². The number of nitrogens with zero attached hydrogens (tertiary/aromatic N) is 4. The highest BCUT2D eigenvalue weighted by molar-refractivity contribution is 5.58. The summed E-state index contributed by atoms with van der Waals surface area (Å²) in [5.41, 5.74) is 6.21. The largest absolute Gasteiger partial charge is 0.496 e. The summed E-state index contributed by atoms with van der Waals surface area (Å²) < 4.78 is 5.27. The van der Waals surface area contributed by atoms with Crippen LogP contribution in [0.2, 0.25) is 0 Å². The number of methoxy groups -OCH3 is 1. The number of aromatic nitrogens is 2. The zero-order chi connectivity index (χ0) is 15.4. The molecule has 1 aromatic carbocycles. The standard InChI is InChI=1S/C13H15N5O3/c1-17(8-9-5-3-4-6-11(9)21-2)12-10(18(19)20)7-15-13(14)16-12/h3-7H,8H2,1-2H3,(H2,14,15,16). The van der Waals surface area contributed by atoms with Gasteiger partial charge in [-0.15, -0.1) is 0 Å². The molecule has 2 rings (SSSR count). The van der Waals surface area contributed by atoms with Gasteiger partial charge in [-0.05, 0) is 6.07 Å². The Hall–Kier alpha value is -2.90. The molecule has 0 aliphatic rings. The molecule has 0 aliphatic heterocycles. The first-order valence-electron chi connectivity index (χ1n) is 6.13. The summed E-state index contributed by atoms with van der Waals surface area (Å²) in [6.07, 6.45) is 1.11. The van der Waals surface area contributed by atoms with E-state index in [1.807, 2.05) is 24.3 Å². The summed E-state index contributed by atoms with van der Waals surface area (Å²) in [5, 5.41) is 11.0. The lowest BCUT2D eigenvalue weighted by molar-refractivity contribution is -0.384. The maximum absolute atomic E-state index is 11.0. The zero-order valence-electron chi connectivity index (χ0n) is 11.7. The van der Waals surface area contributed by atoms with Gasteiger partial charge in [-0.2, -0.15) is 4.98 Å². The number of hydrogen-bond donors (Lipinski definition) is 1. The predicted octanol–water partition coefficient (Wildman–Crippen LogP) is 1.61. The molecule has 0 aliphatic carbocycles. The summed E-state index contributed by atoms with van der Waals surface area (Å²) >= 11 is 0. The fourth-order valence-corrected chi connectivity index (χ4v) is 1.95. The molecule has 0 fully saturated rings. The van der Waals surface area contributed by atoms with Crippen LogP contribution in [0.4, 0.5) is 17.5 Å². The molecule has 0 bridgehead atoms. The van der Waals surface area contributed by atoms with Crippen LogP contribution >= 0.6 is 0 Å². The number of para-hydroxylation sites is 1. The average molecular weight is 289 g/mol. The van der Waals surface area contributed by atoms with Gasteiger partial charge in [0.2, 0.25) is 11.8 Å². The molecule has 2 aromatic rings. The lowest BCUT2D eigenvalue weighted by Crippen LogP contribution is -2.20. The highest BCUT2D eigenvalue weighted by atomic mass is 16.6. The monoisotopic (exact) mass is 289 g/mol. The number of rotatable bonds is 5. The van der Waals surface area contributed by atoms with Crippen LogP contribution in [0.25, 0.3) is 0 Å². The van der Waals surface area contributed by atoms with Crippen molar-refractivity contribution in [2.45, 2.75) is 6.54 Å². The Morgan fingerprint density at radius 1 is 1.43 bits per heavy atom. The van der Waals surface area contributed by atoms with E-state index in [0.29, 0.717) is 12.3 Å². The van der Waals surface area contributed by atoms with E-state index in [1.54, 1.807) is 19.1 Å². The van der Waals surface area contributed by atoms with Crippen molar-refractivity contribution in [3.8, 4) is 5.75 Å². The number of ether oxygens (including phenoxy) is 1. The summed E-state index contributed by atoms with van der Waals surface area (Å²) in [6.45, 7) is 0.390. The topological polar surface area (TPSA) is 107 Å². The van der Waals surface area contributed by atoms with Crippen molar-refractivity contribution in [2.75, 3.05) is 24.8 Å². The number of nitrogens with two attached hydrogens (primary N) is 1. The normalized spacial score (nSPS) is 10.2. The third kappa shape index (κ3) is 3.16. The minimum absolute atomic E-state index is 0.0116. The van der Waals surface area contributed by atoms with Gasteiger partial charge in [-0.25, -0.2) is 4.98 Å². The molecule has 8 nitrogen and oxygen atoms in total. The highest BCUT2D eigenvalue weighted by Gasteiger charge is 2.21. The van der Waals surface area contributed by atoms with Gasteiger partial charge in [0.25, 0.3) is 0 Å². The van der Waals surface area contributed by atoms with E-state index >= 15 is 0 Å². The lowest BCUT2D eigenvalue weighted by Gasteiger charge is -2.19. The van der Waals surface area contributed by atoms with Crippen LogP contribution in [-0.4, -0.2) is 29.0 Å². The maximum atomic E-state index is 11.0. The van der Waals surface area contributed by atoms with Crippen LogP contribution < -0.4 is 15.4 Å². The molecular formula is C13H15N5O3. The fraction of sp³-hybridized carbons (Fsp3) is 0.231. The molecule has 1 aromatic heterocycles. The quantitative estimate of drug-likeness (QED) is 0.658. The van der Waals surface area contributed by atoms with E-state index in [2.05, 4.69) is 9.97 Å². The first kappa shape index (κ1) is 14.5. The van der Waals surface area contributed by atoms with Gasteiger partial charge in [0.15, 0.2) is 0 Å². The van der Waals surface area contributed by atoms with Gasteiger partial charge in [-0.1, -0.05) is 18.2 Å². The van der Waals surface area contributed by atoms with E-state index < -0.39 is 4.92 Å². The van der Waals surface area contributed by atoms with Crippen molar-refractivity contribution >= 4 is 17.5 Å². The van der Waals surface area contributed by atoms with Crippen LogP contribution in [0.1, 0.15) is 5.56 Å². The first-order chi connectivity index (χ1) is 10.0. The van der Waals surface area contributed by atoms with Gasteiger partial charge in [0.05, 0.1) is 12.0 Å². The number of anilines is 2. The van der Waals surface area contributed by atoms with Crippen LogP contribution in [0.15, 0.2) is 30.5 Å². The van der Waals surface area contributed by atoms with Crippen molar-refractivity contribution < 1.29 is 9.66 Å². The van der Waals surface area contributed by atoms with Gasteiger partial charge >= 0.3 is 5.69 Å². The van der Waals surface area contributed by atoms with E-state index in [0.717, 1.165) is 11.8 Å². The number of nitro groups is 1. The number of hydrogen-bond acceptors (Lipinski definition) is 7. The molecular weight excluding hydrogens is 274 g/mol. The Labute approximate surface area is 121 Å². The summed E-state index contributed by atoms with van der Waals surface area (Å²) in [4.78, 5) is 19.8. The molecule has 21 heavy (non-hydrogen) atoms. The van der Waals surface area contributed by atoms with Crippen LogP contribution in [-0.2, 0) is 6.54 Å². The van der Waals surface area contributed by atoms with Crippen molar-refractivity contribution in [1.82, 2.24) is 9.97 Å². The van der Waals surface area contributed by atoms with Gasteiger partial charge < -0.3 is 15.4 Å². The summed E-state index contributed by atoms with van der Waals surface area (Å²) in [7, 11) is 3.27. The zero-order valence-corrected chi connectivity index (χ0v) is 11.7. The molecule has 2 N–H and O–H groups in total. The second-order valence-corrected chi connectivity index (χ2v) is 4.36. The molecule has 1 heterocycles. The Morgan fingerprint density at radius 3 is 2.81 bits per heavy atom. The third-order valence-electron chi connectivity index (χ3n) is 2.93. The molecule has 0 radical (unpaired) electrons. The van der Waals surface area contributed by atoms with Crippen molar-refractivity contribution in [1.29, 1.82) is 0 Å². The predicted molar refractivity (Wildman–Crippen MR) is 78.2 cm³/mol. The van der Waals surface area contributed by atoms with E-state index in [4.69, 9.17) is 10.5 Å². The molecule has 0 unspecified atom stereocenters. The summed E-state index contributed by atoms with van der Waals surface area (Å²) in [6, 6.07) is 7.43.